The largest absolute Gasteiger partial charge is 0.507 e. The van der Waals surface area contributed by atoms with Crippen molar-refractivity contribution in [3.63, 3.8) is 0 Å². The molecule has 1 N–H and O–H groups in total. The first-order chi connectivity index (χ1) is 7.51. The van der Waals surface area contributed by atoms with E-state index in [1.54, 1.807) is 0 Å². The number of phenols is 1. The number of phenolic OH excluding ortho intramolecular Hbond substituents is 1. The van der Waals surface area contributed by atoms with E-state index < -0.39 is 0 Å². The lowest BCUT2D eigenvalue weighted by molar-refractivity contribution is 0.459. The van der Waals surface area contributed by atoms with Crippen LogP contribution in [0.2, 0.25) is 0 Å². The molecule has 0 fully saturated rings. The molecule has 0 bridgehead atoms. The lowest BCUT2D eigenvalue weighted by atomic mass is 9.91. The van der Waals surface area contributed by atoms with Crippen LogP contribution in [-0.4, -0.2) is 5.11 Å². The van der Waals surface area contributed by atoms with Gasteiger partial charge in [-0.05, 0) is 20.8 Å². The monoisotopic (exact) mass is 212 g/mol. The van der Waals surface area contributed by atoms with Gasteiger partial charge >= 0.3 is 0 Å². The highest BCUT2D eigenvalue weighted by molar-refractivity contribution is 5.50. The van der Waals surface area contributed by atoms with Gasteiger partial charge in [-0.3, -0.25) is 0 Å². The molecule has 0 heterocycles. The molecule has 0 aliphatic heterocycles. The van der Waals surface area contributed by atoms with Crippen LogP contribution in [0, 0.1) is 31.6 Å². The maximum absolute atomic E-state index is 10.1. The molecule has 1 rings (SSSR count). The molecule has 0 aliphatic rings. The van der Waals surface area contributed by atoms with Crippen LogP contribution in [0.5, 0.6) is 5.75 Å². The fourth-order valence-electron chi connectivity index (χ4n) is 1.68. The molecule has 1 aromatic carbocycles. The standard InChI is InChI=1S/C15H16O/c1-6-11(4)13-8-10(3)9-14(15(13)16)12(5)7-2/h1-2,8-9,11-12,16H,3-5H3. The van der Waals surface area contributed by atoms with Gasteiger partial charge in [-0.1, -0.05) is 29.5 Å². The highest BCUT2D eigenvalue weighted by Gasteiger charge is 2.15. The minimum absolute atomic E-state index is 0.108. The van der Waals surface area contributed by atoms with Crippen molar-refractivity contribution in [3.8, 4) is 30.4 Å². The molecular weight excluding hydrogens is 196 g/mol. The first kappa shape index (κ1) is 12.2. The third kappa shape index (κ3) is 2.20. The smallest absolute Gasteiger partial charge is 0.124 e. The number of rotatable bonds is 2. The van der Waals surface area contributed by atoms with Crippen LogP contribution in [0.1, 0.15) is 42.4 Å². The maximum Gasteiger partial charge on any atom is 0.124 e. The van der Waals surface area contributed by atoms with Crippen LogP contribution >= 0.6 is 0 Å². The zero-order valence-corrected chi connectivity index (χ0v) is 9.91. The number of hydrogen-bond donors (Lipinski definition) is 1. The second-order valence-corrected chi connectivity index (χ2v) is 4.07. The van der Waals surface area contributed by atoms with Gasteiger partial charge in [-0.15, -0.1) is 12.8 Å². The van der Waals surface area contributed by atoms with Crippen molar-refractivity contribution >= 4 is 0 Å². The van der Waals surface area contributed by atoms with Crippen LogP contribution in [0.15, 0.2) is 12.1 Å². The van der Waals surface area contributed by atoms with Gasteiger partial charge in [0.25, 0.3) is 0 Å². The second kappa shape index (κ2) is 4.77. The number of hydrogen-bond acceptors (Lipinski definition) is 1. The van der Waals surface area contributed by atoms with E-state index in [1.165, 1.54) is 0 Å². The van der Waals surface area contributed by atoms with Crippen LogP contribution in [0.3, 0.4) is 0 Å². The normalized spacial score (nSPS) is 13.6. The van der Waals surface area contributed by atoms with Gasteiger partial charge in [0.15, 0.2) is 0 Å². The maximum atomic E-state index is 10.1. The predicted molar refractivity (Wildman–Crippen MR) is 67.3 cm³/mol. The second-order valence-electron chi connectivity index (χ2n) is 4.07. The average molecular weight is 212 g/mol. The topological polar surface area (TPSA) is 20.2 Å². The molecule has 1 aromatic rings. The summed E-state index contributed by atoms with van der Waals surface area (Å²) in [5, 5.41) is 10.1. The fraction of sp³-hybridized carbons (Fsp3) is 0.333. The van der Waals surface area contributed by atoms with Gasteiger partial charge in [0.2, 0.25) is 0 Å². The van der Waals surface area contributed by atoms with Crippen molar-refractivity contribution in [1.82, 2.24) is 0 Å². The molecule has 1 nitrogen and oxygen atoms in total. The molecular formula is C15H16O. The average Bonchev–Trinajstić information content (AvgIpc) is 2.29. The van der Waals surface area contributed by atoms with E-state index in [1.807, 2.05) is 32.9 Å². The molecule has 0 spiro atoms. The summed E-state index contributed by atoms with van der Waals surface area (Å²) in [5.41, 5.74) is 2.62. The summed E-state index contributed by atoms with van der Waals surface area (Å²) in [5.74, 6) is 5.27. The van der Waals surface area contributed by atoms with Crippen molar-refractivity contribution in [2.75, 3.05) is 0 Å². The molecule has 0 amide bonds. The third-order valence-electron chi connectivity index (χ3n) is 2.75. The molecule has 0 saturated heterocycles. The van der Waals surface area contributed by atoms with E-state index >= 15 is 0 Å². The summed E-state index contributed by atoms with van der Waals surface area (Å²) < 4.78 is 0. The Hall–Kier alpha value is -1.86. The Balaban J connectivity index is 3.40. The first-order valence-electron chi connectivity index (χ1n) is 5.27. The van der Waals surface area contributed by atoms with Gasteiger partial charge < -0.3 is 5.11 Å². The van der Waals surface area contributed by atoms with Crippen LogP contribution in [-0.2, 0) is 0 Å². The van der Waals surface area contributed by atoms with Crippen molar-refractivity contribution in [3.05, 3.63) is 28.8 Å². The minimum Gasteiger partial charge on any atom is -0.507 e. The summed E-state index contributed by atoms with van der Waals surface area (Å²) in [6, 6.07) is 3.82. The highest BCUT2D eigenvalue weighted by atomic mass is 16.3. The Labute approximate surface area is 97.5 Å². The Bertz CT molecular complexity index is 430. The molecule has 0 radical (unpaired) electrons. The highest BCUT2D eigenvalue weighted by Crippen LogP contribution is 2.34. The van der Waals surface area contributed by atoms with Gasteiger partial charge in [0.05, 0.1) is 0 Å². The minimum atomic E-state index is -0.108. The van der Waals surface area contributed by atoms with Crippen molar-refractivity contribution < 1.29 is 5.11 Å². The van der Waals surface area contributed by atoms with Crippen LogP contribution in [0.4, 0.5) is 0 Å². The lowest BCUT2D eigenvalue weighted by Gasteiger charge is -2.15. The third-order valence-corrected chi connectivity index (χ3v) is 2.75. The summed E-state index contributed by atoms with van der Waals surface area (Å²) in [6.45, 7) is 5.75. The quantitative estimate of drug-likeness (QED) is 0.746. The van der Waals surface area contributed by atoms with Gasteiger partial charge in [-0.2, -0.15) is 0 Å². The number of aryl methyl sites for hydroxylation is 1. The summed E-state index contributed by atoms with van der Waals surface area (Å²) in [6.07, 6.45) is 10.8. The fourth-order valence-corrected chi connectivity index (χ4v) is 1.68. The van der Waals surface area contributed by atoms with E-state index in [2.05, 4.69) is 11.8 Å². The van der Waals surface area contributed by atoms with Gasteiger partial charge in [-0.25, -0.2) is 0 Å². The Morgan fingerprint density at radius 3 is 1.75 bits per heavy atom. The molecule has 1 heteroatoms. The molecule has 2 atom stereocenters. The van der Waals surface area contributed by atoms with E-state index in [4.69, 9.17) is 12.8 Å². The zero-order chi connectivity index (χ0) is 12.3. The van der Waals surface area contributed by atoms with E-state index in [-0.39, 0.29) is 17.6 Å². The van der Waals surface area contributed by atoms with Crippen molar-refractivity contribution in [2.24, 2.45) is 0 Å². The van der Waals surface area contributed by atoms with Crippen LogP contribution < -0.4 is 0 Å². The van der Waals surface area contributed by atoms with Crippen LogP contribution in [0.25, 0.3) is 0 Å². The number of benzene rings is 1. The Kier molecular flexibility index (Phi) is 3.64. The SMILES string of the molecule is C#CC(C)c1cc(C)cc(C(C)C#C)c1O. The molecule has 2 unspecified atom stereocenters. The van der Waals surface area contributed by atoms with E-state index in [0.29, 0.717) is 0 Å². The summed E-state index contributed by atoms with van der Waals surface area (Å²) in [7, 11) is 0. The number of aromatic hydroxyl groups is 1. The predicted octanol–water partition coefficient (Wildman–Crippen LogP) is 3.17. The Morgan fingerprint density at radius 1 is 1.06 bits per heavy atom. The molecule has 82 valence electrons. The van der Waals surface area contributed by atoms with Gasteiger partial charge in [0.1, 0.15) is 5.75 Å². The first-order valence-corrected chi connectivity index (χ1v) is 5.27. The van der Waals surface area contributed by atoms with Gasteiger partial charge in [0, 0.05) is 23.0 Å². The zero-order valence-electron chi connectivity index (χ0n) is 9.91. The van der Waals surface area contributed by atoms with E-state index in [9.17, 15) is 5.11 Å². The molecule has 0 aromatic heterocycles. The Morgan fingerprint density at radius 2 is 1.44 bits per heavy atom. The molecule has 0 aliphatic carbocycles. The molecule has 0 saturated carbocycles. The summed E-state index contributed by atoms with van der Waals surface area (Å²) in [4.78, 5) is 0. The van der Waals surface area contributed by atoms with Crippen molar-refractivity contribution in [1.29, 1.82) is 0 Å². The van der Waals surface area contributed by atoms with Crippen molar-refractivity contribution in [2.45, 2.75) is 32.6 Å². The lowest BCUT2D eigenvalue weighted by Crippen LogP contribution is -1.98. The molecule has 16 heavy (non-hydrogen) atoms. The van der Waals surface area contributed by atoms with E-state index in [0.717, 1.165) is 16.7 Å². The summed E-state index contributed by atoms with van der Waals surface area (Å²) >= 11 is 0. The number of terminal acetylenes is 2.